The number of hydrogen-bond donors (Lipinski definition) is 5. The number of carbonyl (C=O) groups excluding carboxylic acids is 2. The summed E-state index contributed by atoms with van der Waals surface area (Å²) in [5, 5.41) is 13.8. The first kappa shape index (κ1) is 19.6. The highest BCUT2D eigenvalue weighted by molar-refractivity contribution is 5.91. The van der Waals surface area contributed by atoms with E-state index in [1.165, 1.54) is 19.4 Å². The Labute approximate surface area is 140 Å². The molecule has 24 heavy (non-hydrogen) atoms. The number of carboxylic acids is 1. The summed E-state index contributed by atoms with van der Waals surface area (Å²) in [6.07, 6.45) is 3.62. The van der Waals surface area contributed by atoms with E-state index < -0.39 is 35.9 Å². The molecule has 1 aromatic rings. The Balaban J connectivity index is 2.79. The smallest absolute Gasteiger partial charge is 0.325 e. The van der Waals surface area contributed by atoms with Crippen molar-refractivity contribution in [2.45, 2.75) is 51.7 Å². The zero-order chi connectivity index (χ0) is 18.3. The Morgan fingerprint density at radius 1 is 1.25 bits per heavy atom. The molecule has 9 heteroatoms. The predicted molar refractivity (Wildman–Crippen MR) is 86.9 cm³/mol. The van der Waals surface area contributed by atoms with E-state index in [-0.39, 0.29) is 12.3 Å². The summed E-state index contributed by atoms with van der Waals surface area (Å²) in [6, 6.07) is -2.75. The van der Waals surface area contributed by atoms with Gasteiger partial charge in [-0.15, -0.1) is 0 Å². The van der Waals surface area contributed by atoms with Gasteiger partial charge in [0.15, 0.2) is 0 Å². The third-order valence-corrected chi connectivity index (χ3v) is 3.40. The Morgan fingerprint density at radius 2 is 1.92 bits per heavy atom. The van der Waals surface area contributed by atoms with Crippen molar-refractivity contribution in [2.24, 2.45) is 11.7 Å². The molecule has 0 bridgehead atoms. The molecule has 1 rings (SSSR count). The molecule has 0 saturated carbocycles. The second-order valence-corrected chi connectivity index (χ2v) is 6.15. The van der Waals surface area contributed by atoms with Crippen LogP contribution in [-0.4, -0.2) is 51.0 Å². The number of carboxylic acid groups (broad SMARTS) is 1. The van der Waals surface area contributed by atoms with Gasteiger partial charge >= 0.3 is 5.97 Å². The highest BCUT2D eigenvalue weighted by Gasteiger charge is 2.27. The molecule has 3 atom stereocenters. The highest BCUT2D eigenvalue weighted by Crippen LogP contribution is 2.05. The molecule has 0 saturated heterocycles. The number of rotatable bonds is 9. The SMILES string of the molecule is CC(C)CC(N)C(=O)NC(Cc1cnc[nH]1)C(=O)NC(C)C(=O)O. The molecular weight excluding hydrogens is 314 g/mol. The Bertz CT molecular complexity index is 558. The zero-order valence-electron chi connectivity index (χ0n) is 14.1. The van der Waals surface area contributed by atoms with Crippen LogP contribution in [0.15, 0.2) is 12.5 Å². The molecule has 0 aliphatic heterocycles. The molecule has 0 aliphatic carbocycles. The minimum Gasteiger partial charge on any atom is -0.480 e. The van der Waals surface area contributed by atoms with Crippen LogP contribution in [0.25, 0.3) is 0 Å². The predicted octanol–water partition coefficient (Wildman–Crippen LogP) is -0.600. The summed E-state index contributed by atoms with van der Waals surface area (Å²) in [5.41, 5.74) is 6.47. The monoisotopic (exact) mass is 339 g/mol. The van der Waals surface area contributed by atoms with E-state index in [9.17, 15) is 14.4 Å². The molecule has 0 aliphatic rings. The maximum Gasteiger partial charge on any atom is 0.325 e. The molecular formula is C15H25N5O4. The van der Waals surface area contributed by atoms with Crippen molar-refractivity contribution in [1.82, 2.24) is 20.6 Å². The number of hydrogen-bond acceptors (Lipinski definition) is 5. The summed E-state index contributed by atoms with van der Waals surface area (Å²) in [4.78, 5) is 42.1. The highest BCUT2D eigenvalue weighted by atomic mass is 16.4. The third-order valence-electron chi connectivity index (χ3n) is 3.40. The van der Waals surface area contributed by atoms with Crippen LogP contribution in [0.2, 0.25) is 0 Å². The fraction of sp³-hybridized carbons (Fsp3) is 0.600. The zero-order valence-corrected chi connectivity index (χ0v) is 14.1. The molecule has 0 radical (unpaired) electrons. The van der Waals surface area contributed by atoms with Gasteiger partial charge in [-0.25, -0.2) is 4.98 Å². The van der Waals surface area contributed by atoms with Gasteiger partial charge in [0, 0.05) is 18.3 Å². The maximum absolute atomic E-state index is 12.3. The number of amides is 2. The summed E-state index contributed by atoms with van der Waals surface area (Å²) in [7, 11) is 0. The van der Waals surface area contributed by atoms with Crippen LogP contribution in [-0.2, 0) is 20.8 Å². The van der Waals surface area contributed by atoms with Gasteiger partial charge in [0.25, 0.3) is 0 Å². The number of nitrogens with zero attached hydrogens (tertiary/aromatic N) is 1. The number of H-pyrrole nitrogens is 1. The first-order chi connectivity index (χ1) is 11.2. The molecule has 6 N–H and O–H groups in total. The van der Waals surface area contributed by atoms with Crippen molar-refractivity contribution in [2.75, 3.05) is 0 Å². The molecule has 3 unspecified atom stereocenters. The number of nitrogens with two attached hydrogens (primary N) is 1. The van der Waals surface area contributed by atoms with E-state index in [0.29, 0.717) is 12.1 Å². The topological polar surface area (TPSA) is 150 Å². The normalized spacial score (nSPS) is 14.7. The molecule has 1 aromatic heterocycles. The van der Waals surface area contributed by atoms with Crippen molar-refractivity contribution in [3.8, 4) is 0 Å². The first-order valence-electron chi connectivity index (χ1n) is 7.77. The van der Waals surface area contributed by atoms with Crippen molar-refractivity contribution < 1.29 is 19.5 Å². The first-order valence-corrected chi connectivity index (χ1v) is 7.77. The number of aromatic amines is 1. The quantitative estimate of drug-likeness (QED) is 0.405. The largest absolute Gasteiger partial charge is 0.480 e. The van der Waals surface area contributed by atoms with Crippen LogP contribution in [0, 0.1) is 5.92 Å². The van der Waals surface area contributed by atoms with Crippen molar-refractivity contribution >= 4 is 17.8 Å². The van der Waals surface area contributed by atoms with Crippen LogP contribution < -0.4 is 16.4 Å². The molecule has 134 valence electrons. The van der Waals surface area contributed by atoms with Crippen LogP contribution in [0.3, 0.4) is 0 Å². The van der Waals surface area contributed by atoms with E-state index in [4.69, 9.17) is 10.8 Å². The van der Waals surface area contributed by atoms with Crippen LogP contribution in [0.1, 0.15) is 32.9 Å². The lowest BCUT2D eigenvalue weighted by molar-refractivity contribution is -0.141. The minimum atomic E-state index is -1.16. The molecule has 2 amide bonds. The molecule has 0 spiro atoms. The number of imidazole rings is 1. The van der Waals surface area contributed by atoms with Crippen molar-refractivity contribution in [3.63, 3.8) is 0 Å². The third kappa shape index (κ3) is 6.37. The van der Waals surface area contributed by atoms with Gasteiger partial charge in [0.1, 0.15) is 12.1 Å². The second-order valence-electron chi connectivity index (χ2n) is 6.15. The van der Waals surface area contributed by atoms with Crippen LogP contribution in [0.4, 0.5) is 0 Å². The van der Waals surface area contributed by atoms with Crippen molar-refractivity contribution in [3.05, 3.63) is 18.2 Å². The van der Waals surface area contributed by atoms with Gasteiger partial charge in [-0.1, -0.05) is 13.8 Å². The lowest BCUT2D eigenvalue weighted by Gasteiger charge is -2.22. The van der Waals surface area contributed by atoms with Crippen molar-refractivity contribution in [1.29, 1.82) is 0 Å². The van der Waals surface area contributed by atoms with Gasteiger partial charge in [0.05, 0.1) is 12.4 Å². The van der Waals surface area contributed by atoms with Crippen LogP contribution >= 0.6 is 0 Å². The Kier molecular flexibility index (Phi) is 7.37. The summed E-state index contributed by atoms with van der Waals surface area (Å²) >= 11 is 0. The van der Waals surface area contributed by atoms with Gasteiger partial charge < -0.3 is 26.5 Å². The summed E-state index contributed by atoms with van der Waals surface area (Å²) in [6.45, 7) is 5.23. The molecule has 0 fully saturated rings. The maximum atomic E-state index is 12.3. The average Bonchev–Trinajstić information content (AvgIpc) is 2.98. The lowest BCUT2D eigenvalue weighted by atomic mass is 10.0. The number of aliphatic carboxylic acids is 1. The Hall–Kier alpha value is -2.42. The molecule has 0 aromatic carbocycles. The fourth-order valence-electron chi connectivity index (χ4n) is 2.09. The molecule has 9 nitrogen and oxygen atoms in total. The van der Waals surface area contributed by atoms with E-state index in [2.05, 4.69) is 20.6 Å². The number of nitrogens with one attached hydrogen (secondary N) is 3. The number of carbonyl (C=O) groups is 3. The average molecular weight is 339 g/mol. The van der Waals surface area contributed by atoms with E-state index >= 15 is 0 Å². The lowest BCUT2D eigenvalue weighted by Crippen LogP contribution is -2.54. The summed E-state index contributed by atoms with van der Waals surface area (Å²) < 4.78 is 0. The molecule has 1 heterocycles. The second kappa shape index (κ2) is 9.02. The van der Waals surface area contributed by atoms with Gasteiger partial charge in [-0.3, -0.25) is 14.4 Å². The van der Waals surface area contributed by atoms with E-state index in [1.807, 2.05) is 13.8 Å². The van der Waals surface area contributed by atoms with E-state index in [1.54, 1.807) is 0 Å². The standard InChI is InChI=1S/C15H25N5O4/c1-8(2)4-11(16)13(21)20-12(5-10-6-17-7-18-10)14(22)19-9(3)15(23)24/h6-9,11-12H,4-5,16H2,1-3H3,(H,17,18)(H,19,22)(H,20,21)(H,23,24). The van der Waals surface area contributed by atoms with Gasteiger partial charge in [-0.05, 0) is 19.3 Å². The van der Waals surface area contributed by atoms with Crippen LogP contribution in [0.5, 0.6) is 0 Å². The summed E-state index contributed by atoms with van der Waals surface area (Å²) in [5.74, 6) is -1.97. The van der Waals surface area contributed by atoms with Gasteiger partial charge in [0.2, 0.25) is 11.8 Å². The van der Waals surface area contributed by atoms with Gasteiger partial charge in [-0.2, -0.15) is 0 Å². The minimum absolute atomic E-state index is 0.151. The van der Waals surface area contributed by atoms with E-state index in [0.717, 1.165) is 0 Å². The number of aromatic nitrogens is 2. The Morgan fingerprint density at radius 3 is 2.42 bits per heavy atom. The fourth-order valence-corrected chi connectivity index (χ4v) is 2.09.